The van der Waals surface area contributed by atoms with Crippen molar-refractivity contribution in [1.82, 2.24) is 0 Å². The normalized spacial score (nSPS) is 21.2. The Bertz CT molecular complexity index is 619. The lowest BCUT2D eigenvalue weighted by Gasteiger charge is -2.32. The average Bonchev–Trinajstić information content (AvgIpc) is 2.46. The third-order valence-corrected chi connectivity index (χ3v) is 5.24. The molecule has 0 saturated carbocycles. The lowest BCUT2D eigenvalue weighted by Crippen LogP contribution is -2.41. The molecule has 1 aliphatic heterocycles. The lowest BCUT2D eigenvalue weighted by atomic mass is 9.78. The highest BCUT2D eigenvalue weighted by molar-refractivity contribution is 7.91. The van der Waals surface area contributed by atoms with E-state index in [0.29, 0.717) is 5.46 Å². The van der Waals surface area contributed by atoms with Gasteiger partial charge in [-0.25, -0.2) is 8.42 Å². The zero-order valence-corrected chi connectivity index (χ0v) is 13.7. The van der Waals surface area contributed by atoms with Crippen molar-refractivity contribution in [1.29, 1.82) is 0 Å². The maximum absolute atomic E-state index is 11.9. The highest BCUT2D eigenvalue weighted by atomic mass is 32.2. The number of benzene rings is 1. The molecular weight excluding hydrogens is 275 g/mol. The average molecular weight is 296 g/mol. The van der Waals surface area contributed by atoms with Gasteiger partial charge in [0.1, 0.15) is 0 Å². The Morgan fingerprint density at radius 3 is 2.00 bits per heavy atom. The van der Waals surface area contributed by atoms with Crippen molar-refractivity contribution in [2.75, 3.05) is 6.26 Å². The summed E-state index contributed by atoms with van der Waals surface area (Å²) in [6, 6.07) is 5.22. The van der Waals surface area contributed by atoms with Crippen LogP contribution in [0.15, 0.2) is 23.1 Å². The molecule has 0 radical (unpaired) electrons. The Balaban J connectivity index is 2.53. The monoisotopic (exact) mass is 296 g/mol. The number of sulfone groups is 1. The first kappa shape index (κ1) is 15.5. The van der Waals surface area contributed by atoms with Gasteiger partial charge in [0.15, 0.2) is 9.84 Å². The molecule has 1 fully saturated rings. The summed E-state index contributed by atoms with van der Waals surface area (Å²) in [6.07, 6.45) is 1.20. The van der Waals surface area contributed by atoms with Crippen LogP contribution in [0.1, 0.15) is 33.3 Å². The third kappa shape index (κ3) is 2.64. The molecule has 4 nitrogen and oxygen atoms in total. The zero-order valence-electron chi connectivity index (χ0n) is 12.9. The minimum Gasteiger partial charge on any atom is -0.399 e. The first-order valence-corrected chi connectivity index (χ1v) is 8.49. The van der Waals surface area contributed by atoms with Gasteiger partial charge in [0.25, 0.3) is 0 Å². The van der Waals surface area contributed by atoms with Crippen LogP contribution in [-0.4, -0.2) is 33.0 Å². The highest BCUT2D eigenvalue weighted by Crippen LogP contribution is 2.36. The summed E-state index contributed by atoms with van der Waals surface area (Å²) in [4.78, 5) is 0.265. The van der Waals surface area contributed by atoms with E-state index in [0.717, 1.165) is 5.56 Å². The van der Waals surface area contributed by atoms with E-state index >= 15 is 0 Å². The van der Waals surface area contributed by atoms with Gasteiger partial charge in [-0.05, 0) is 40.7 Å². The molecule has 1 aromatic carbocycles. The molecular formula is C14H21BO4S. The first-order chi connectivity index (χ1) is 8.94. The van der Waals surface area contributed by atoms with Crippen LogP contribution in [-0.2, 0) is 19.1 Å². The summed E-state index contributed by atoms with van der Waals surface area (Å²) in [5.74, 6) is 0. The number of hydrogen-bond donors (Lipinski definition) is 0. The van der Waals surface area contributed by atoms with Gasteiger partial charge in [0.05, 0.1) is 16.1 Å². The topological polar surface area (TPSA) is 52.6 Å². The van der Waals surface area contributed by atoms with Crippen LogP contribution < -0.4 is 5.46 Å². The Kier molecular flexibility index (Phi) is 3.56. The molecule has 1 aromatic rings. The van der Waals surface area contributed by atoms with Crippen molar-refractivity contribution in [3.05, 3.63) is 23.8 Å². The van der Waals surface area contributed by atoms with Crippen molar-refractivity contribution >= 4 is 22.4 Å². The molecule has 1 heterocycles. The van der Waals surface area contributed by atoms with Crippen LogP contribution >= 0.6 is 0 Å². The Morgan fingerprint density at radius 1 is 1.05 bits per heavy atom. The predicted octanol–water partition coefficient (Wildman–Crippen LogP) is 1.70. The molecule has 2 rings (SSSR count). The van der Waals surface area contributed by atoms with Gasteiger partial charge in [0.2, 0.25) is 0 Å². The smallest absolute Gasteiger partial charge is 0.399 e. The van der Waals surface area contributed by atoms with Crippen LogP contribution in [0.3, 0.4) is 0 Å². The van der Waals surface area contributed by atoms with E-state index in [9.17, 15) is 8.42 Å². The summed E-state index contributed by atoms with van der Waals surface area (Å²) in [7, 11) is -3.98. The van der Waals surface area contributed by atoms with Gasteiger partial charge >= 0.3 is 7.12 Å². The summed E-state index contributed by atoms with van der Waals surface area (Å²) >= 11 is 0. The molecule has 0 atom stereocenters. The highest BCUT2D eigenvalue weighted by Gasteiger charge is 2.52. The van der Waals surface area contributed by atoms with Gasteiger partial charge in [-0.15, -0.1) is 0 Å². The van der Waals surface area contributed by atoms with Crippen molar-refractivity contribution < 1.29 is 17.7 Å². The van der Waals surface area contributed by atoms with E-state index in [1.807, 2.05) is 40.7 Å². The SMILES string of the molecule is Cc1ccc(S(C)(=O)=O)c(B2OC(C)(C)C(C)(C)O2)c1. The quantitative estimate of drug-likeness (QED) is 0.779. The van der Waals surface area contributed by atoms with Crippen molar-refractivity contribution in [3.63, 3.8) is 0 Å². The van der Waals surface area contributed by atoms with Crippen LogP contribution in [0, 0.1) is 6.92 Å². The molecule has 1 saturated heterocycles. The van der Waals surface area contributed by atoms with E-state index < -0.39 is 28.2 Å². The van der Waals surface area contributed by atoms with Gasteiger partial charge in [-0.3, -0.25) is 0 Å². The van der Waals surface area contributed by atoms with E-state index in [-0.39, 0.29) is 4.90 Å². The fraction of sp³-hybridized carbons (Fsp3) is 0.571. The zero-order chi connectivity index (χ0) is 15.3. The van der Waals surface area contributed by atoms with Gasteiger partial charge < -0.3 is 9.31 Å². The number of rotatable bonds is 2. The van der Waals surface area contributed by atoms with Crippen molar-refractivity contribution in [2.24, 2.45) is 0 Å². The molecule has 0 spiro atoms. The maximum atomic E-state index is 11.9. The molecule has 0 amide bonds. The molecule has 6 heteroatoms. The van der Waals surface area contributed by atoms with Gasteiger partial charge in [-0.1, -0.05) is 17.7 Å². The molecule has 1 aliphatic rings. The number of hydrogen-bond acceptors (Lipinski definition) is 4. The first-order valence-electron chi connectivity index (χ1n) is 6.60. The molecule has 0 bridgehead atoms. The molecule has 0 aromatic heterocycles. The molecule has 110 valence electrons. The Morgan fingerprint density at radius 2 is 1.55 bits per heavy atom. The van der Waals surface area contributed by atoms with Crippen LogP contribution in [0.2, 0.25) is 0 Å². The number of aryl methyl sites for hydroxylation is 1. The summed E-state index contributed by atoms with van der Waals surface area (Å²) in [5.41, 5.74) is 0.570. The summed E-state index contributed by atoms with van der Waals surface area (Å²) in [5, 5.41) is 0. The minimum absolute atomic E-state index is 0.265. The molecule has 0 unspecified atom stereocenters. The van der Waals surface area contributed by atoms with Crippen LogP contribution in [0.25, 0.3) is 0 Å². The van der Waals surface area contributed by atoms with Gasteiger partial charge in [0, 0.05) is 11.7 Å². The summed E-state index contributed by atoms with van der Waals surface area (Å²) < 4.78 is 35.8. The maximum Gasteiger partial charge on any atom is 0.496 e. The molecule has 0 N–H and O–H groups in total. The Hall–Kier alpha value is -0.845. The second-order valence-corrected chi connectivity index (χ2v) is 8.39. The van der Waals surface area contributed by atoms with E-state index in [1.165, 1.54) is 6.26 Å². The Labute approximate surface area is 121 Å². The lowest BCUT2D eigenvalue weighted by molar-refractivity contribution is 0.00578. The molecule has 20 heavy (non-hydrogen) atoms. The van der Waals surface area contributed by atoms with Gasteiger partial charge in [-0.2, -0.15) is 0 Å². The second kappa shape index (κ2) is 4.58. The standard InChI is InChI=1S/C14H21BO4S/c1-10-7-8-12(20(6,16)17)11(9-10)15-18-13(2,3)14(4,5)19-15/h7-9H,1-6H3. The fourth-order valence-electron chi connectivity index (χ4n) is 2.16. The third-order valence-electron chi connectivity index (χ3n) is 4.07. The molecule has 0 aliphatic carbocycles. The second-order valence-electron chi connectivity index (χ2n) is 6.40. The van der Waals surface area contributed by atoms with Crippen molar-refractivity contribution in [3.8, 4) is 0 Å². The van der Waals surface area contributed by atoms with E-state index in [2.05, 4.69) is 0 Å². The fourth-order valence-corrected chi connectivity index (χ4v) is 3.06. The van der Waals surface area contributed by atoms with Crippen LogP contribution in [0.4, 0.5) is 0 Å². The largest absolute Gasteiger partial charge is 0.496 e. The van der Waals surface area contributed by atoms with E-state index in [4.69, 9.17) is 9.31 Å². The van der Waals surface area contributed by atoms with Crippen LogP contribution in [0.5, 0.6) is 0 Å². The minimum atomic E-state index is -3.32. The van der Waals surface area contributed by atoms with E-state index in [1.54, 1.807) is 12.1 Å². The van der Waals surface area contributed by atoms with Crippen molar-refractivity contribution in [2.45, 2.75) is 50.7 Å². The predicted molar refractivity (Wildman–Crippen MR) is 80.0 cm³/mol. The summed E-state index contributed by atoms with van der Waals surface area (Å²) in [6.45, 7) is 9.71.